The van der Waals surface area contributed by atoms with Crippen LogP contribution in [-0.4, -0.2) is 39.0 Å². The lowest BCUT2D eigenvalue weighted by molar-refractivity contribution is -0.137. The Morgan fingerprint density at radius 2 is 1.88 bits per heavy atom. The van der Waals surface area contributed by atoms with Gasteiger partial charge in [-0.25, -0.2) is 9.83 Å². The van der Waals surface area contributed by atoms with Gasteiger partial charge < -0.3 is 9.47 Å². The minimum absolute atomic E-state index is 0.0681. The molecule has 174 valence electrons. The number of carbonyl (C=O) groups is 1. The zero-order valence-corrected chi connectivity index (χ0v) is 18.2. The van der Waals surface area contributed by atoms with E-state index in [-0.39, 0.29) is 18.0 Å². The second-order valence-electron chi connectivity index (χ2n) is 8.71. The van der Waals surface area contributed by atoms with Gasteiger partial charge in [-0.1, -0.05) is 30.3 Å². The fraction of sp³-hybridized carbons (Fsp3) is 0.320. The molecular formula is C25H22F3N5O. The molecule has 6 nitrogen and oxygen atoms in total. The molecule has 2 fully saturated rings. The molecule has 2 aliphatic heterocycles. The number of alkyl halides is 3. The fourth-order valence-electron chi connectivity index (χ4n) is 4.88. The van der Waals surface area contributed by atoms with Gasteiger partial charge in [0.1, 0.15) is 0 Å². The smallest absolute Gasteiger partial charge is 0.329 e. The summed E-state index contributed by atoms with van der Waals surface area (Å²) < 4.78 is 41.5. The minimum atomic E-state index is -4.45. The number of halogens is 3. The Kier molecular flexibility index (Phi) is 5.62. The molecule has 9 heteroatoms. The van der Waals surface area contributed by atoms with Gasteiger partial charge in [-0.3, -0.25) is 9.69 Å². The Balaban J connectivity index is 1.32. The molecule has 3 heterocycles. The number of nitrogens with zero attached hydrogens (tertiary/aromatic N) is 5. The van der Waals surface area contributed by atoms with Crippen molar-refractivity contribution in [1.82, 2.24) is 14.5 Å². The maximum atomic E-state index is 13.3. The summed E-state index contributed by atoms with van der Waals surface area (Å²) >= 11 is 0. The molecule has 2 saturated heterocycles. The predicted molar refractivity (Wildman–Crippen MR) is 120 cm³/mol. The first-order chi connectivity index (χ1) is 16.3. The number of carbonyl (C=O) groups excluding carboxylic acids is 1. The summed E-state index contributed by atoms with van der Waals surface area (Å²) in [6.45, 7) is 8.58. The molecule has 0 spiro atoms. The molecule has 2 atom stereocenters. The summed E-state index contributed by atoms with van der Waals surface area (Å²) in [4.78, 5) is 24.6. The molecule has 0 saturated carbocycles. The number of aromatic nitrogens is 2. The first-order valence-electron chi connectivity index (χ1n) is 11.0. The number of fused-ring (bicyclic) bond motifs is 2. The highest BCUT2D eigenvalue weighted by Gasteiger charge is 2.46. The zero-order valence-electron chi connectivity index (χ0n) is 18.2. The van der Waals surface area contributed by atoms with Gasteiger partial charge in [0.25, 0.3) is 0 Å². The van der Waals surface area contributed by atoms with Crippen molar-refractivity contribution in [1.29, 1.82) is 0 Å². The maximum Gasteiger partial charge on any atom is 0.416 e. The van der Waals surface area contributed by atoms with Crippen molar-refractivity contribution in [3.05, 3.63) is 89.3 Å². The molecule has 2 bridgehead atoms. The van der Waals surface area contributed by atoms with E-state index in [1.54, 1.807) is 30.7 Å². The van der Waals surface area contributed by atoms with Gasteiger partial charge in [0.05, 0.1) is 30.2 Å². The van der Waals surface area contributed by atoms with Crippen molar-refractivity contribution in [3.8, 4) is 0 Å². The van der Waals surface area contributed by atoms with Gasteiger partial charge >= 0.3 is 6.18 Å². The molecule has 5 rings (SSSR count). The summed E-state index contributed by atoms with van der Waals surface area (Å²) in [7, 11) is 0. The van der Waals surface area contributed by atoms with Crippen LogP contribution in [0.25, 0.3) is 4.85 Å². The number of imidazole rings is 1. The van der Waals surface area contributed by atoms with Gasteiger partial charge in [0.15, 0.2) is 5.69 Å². The van der Waals surface area contributed by atoms with Crippen molar-refractivity contribution in [2.75, 3.05) is 11.4 Å². The van der Waals surface area contributed by atoms with Crippen molar-refractivity contribution in [2.45, 2.75) is 44.2 Å². The molecule has 2 unspecified atom stereocenters. The van der Waals surface area contributed by atoms with E-state index < -0.39 is 11.7 Å². The van der Waals surface area contributed by atoms with Crippen LogP contribution in [0.1, 0.15) is 29.7 Å². The van der Waals surface area contributed by atoms with E-state index in [0.29, 0.717) is 37.4 Å². The van der Waals surface area contributed by atoms with Crippen LogP contribution in [-0.2, 0) is 24.1 Å². The third-order valence-corrected chi connectivity index (χ3v) is 6.63. The van der Waals surface area contributed by atoms with E-state index in [0.717, 1.165) is 29.8 Å². The van der Waals surface area contributed by atoms with Gasteiger partial charge in [-0.15, -0.1) is 0 Å². The third-order valence-electron chi connectivity index (χ3n) is 6.63. The second kappa shape index (κ2) is 8.61. The first kappa shape index (κ1) is 22.2. The Morgan fingerprint density at radius 3 is 2.62 bits per heavy atom. The summed E-state index contributed by atoms with van der Waals surface area (Å²) in [6.07, 6.45) is 0.592. The van der Waals surface area contributed by atoms with Crippen LogP contribution < -0.4 is 4.90 Å². The van der Waals surface area contributed by atoms with E-state index in [1.165, 1.54) is 11.0 Å². The number of hydrogen-bond acceptors (Lipinski definition) is 3. The van der Waals surface area contributed by atoms with E-state index in [4.69, 9.17) is 6.57 Å². The molecule has 1 aromatic heterocycles. The summed E-state index contributed by atoms with van der Waals surface area (Å²) in [5.41, 5.74) is 2.14. The van der Waals surface area contributed by atoms with Crippen molar-refractivity contribution in [3.63, 3.8) is 0 Å². The number of amides is 1. The lowest BCUT2D eigenvalue weighted by Crippen LogP contribution is -2.57. The molecule has 34 heavy (non-hydrogen) atoms. The second-order valence-corrected chi connectivity index (χ2v) is 8.71. The molecule has 0 N–H and O–H groups in total. The Hall–Kier alpha value is -3.64. The topological polar surface area (TPSA) is 45.7 Å². The number of rotatable bonds is 5. The summed E-state index contributed by atoms with van der Waals surface area (Å²) in [5, 5.41) is 0. The third kappa shape index (κ3) is 4.17. The van der Waals surface area contributed by atoms with Crippen molar-refractivity contribution >= 4 is 17.3 Å². The molecule has 1 amide bonds. The summed E-state index contributed by atoms with van der Waals surface area (Å²) in [6, 6.07) is 12.1. The highest BCUT2D eigenvalue weighted by Crippen LogP contribution is 2.37. The number of anilines is 1. The van der Waals surface area contributed by atoms with Crippen molar-refractivity contribution in [2.24, 2.45) is 0 Å². The van der Waals surface area contributed by atoms with Gasteiger partial charge in [-0.2, -0.15) is 13.2 Å². The first-order valence-corrected chi connectivity index (χ1v) is 11.0. The normalized spacial score (nSPS) is 20.5. The standard InChI is InChI=1S/C25H22F3N5O/c1-29-19-7-5-17(6-8-19)13-31-16-30-12-22(31)15-32-21-9-10-23(32)24(34)33(14-21)20-4-2-3-18(11-20)25(26,27)28/h2-8,11-12,16,21,23H,9-10,13-15H2. The Bertz CT molecular complexity index is 1240. The number of benzene rings is 2. The molecule has 0 aliphatic carbocycles. The molecule has 0 radical (unpaired) electrons. The number of hydrogen-bond donors (Lipinski definition) is 0. The van der Waals surface area contributed by atoms with Crippen LogP contribution in [0.3, 0.4) is 0 Å². The minimum Gasteiger partial charge on any atom is -0.329 e. The van der Waals surface area contributed by atoms with Crippen LogP contribution in [0.2, 0.25) is 0 Å². The lowest BCUT2D eigenvalue weighted by Gasteiger charge is -2.40. The van der Waals surface area contributed by atoms with Gasteiger partial charge in [0.2, 0.25) is 5.91 Å². The Morgan fingerprint density at radius 1 is 1.09 bits per heavy atom. The average molecular weight is 465 g/mol. The fourth-order valence-corrected chi connectivity index (χ4v) is 4.88. The highest BCUT2D eigenvalue weighted by atomic mass is 19.4. The van der Waals surface area contributed by atoms with Crippen LogP contribution in [0.15, 0.2) is 61.1 Å². The lowest BCUT2D eigenvalue weighted by atomic mass is 10.1. The molecule has 2 aliphatic rings. The highest BCUT2D eigenvalue weighted by molar-refractivity contribution is 5.98. The van der Waals surface area contributed by atoms with Crippen molar-refractivity contribution < 1.29 is 18.0 Å². The molecular weight excluding hydrogens is 443 g/mol. The van der Waals surface area contributed by atoms with E-state index in [2.05, 4.69) is 14.7 Å². The van der Waals surface area contributed by atoms with E-state index >= 15 is 0 Å². The molecule has 3 aromatic rings. The van der Waals surface area contributed by atoms with Crippen LogP contribution in [0, 0.1) is 6.57 Å². The van der Waals surface area contributed by atoms with Gasteiger partial charge in [-0.05, 0) is 36.6 Å². The summed E-state index contributed by atoms with van der Waals surface area (Å²) in [5.74, 6) is -0.158. The van der Waals surface area contributed by atoms with E-state index in [9.17, 15) is 18.0 Å². The molecule has 2 aromatic carbocycles. The van der Waals surface area contributed by atoms with E-state index in [1.807, 2.05) is 16.7 Å². The van der Waals surface area contributed by atoms with Crippen LogP contribution >= 0.6 is 0 Å². The average Bonchev–Trinajstić information content (AvgIpc) is 3.39. The number of piperazine rings is 1. The Labute approximate surface area is 195 Å². The quantitative estimate of drug-likeness (QED) is 0.505. The SMILES string of the molecule is [C-]#[N+]c1ccc(Cn2cncc2CN2C3CCC2C(=O)N(c2cccc(C(F)(F)F)c2)C3)cc1. The predicted octanol–water partition coefficient (Wildman–Crippen LogP) is 4.88. The monoisotopic (exact) mass is 465 g/mol. The van der Waals surface area contributed by atoms with Crippen LogP contribution in [0.4, 0.5) is 24.5 Å². The van der Waals surface area contributed by atoms with Gasteiger partial charge in [0, 0.05) is 37.6 Å². The zero-order chi connectivity index (χ0) is 23.9. The van der Waals surface area contributed by atoms with Crippen LogP contribution in [0.5, 0.6) is 0 Å². The largest absolute Gasteiger partial charge is 0.416 e. The maximum absolute atomic E-state index is 13.3.